The van der Waals surface area contributed by atoms with Crippen molar-refractivity contribution in [1.29, 1.82) is 0 Å². The Morgan fingerprint density at radius 2 is 1.92 bits per heavy atom. The number of likely N-dealkylation sites (N-methyl/N-ethyl adjacent to an activating group) is 1. The Labute approximate surface area is 147 Å². The van der Waals surface area contributed by atoms with Crippen molar-refractivity contribution in [3.63, 3.8) is 0 Å². The maximum Gasteiger partial charge on any atom is 0.244 e. The number of amides is 1. The van der Waals surface area contributed by atoms with Crippen molar-refractivity contribution in [3.8, 4) is 11.5 Å². The summed E-state index contributed by atoms with van der Waals surface area (Å²) in [5, 5.41) is 3.08. The third kappa shape index (κ3) is 4.61. The number of nitrogens with one attached hydrogen (secondary N) is 2. The Hall–Kier alpha value is -2.79. The quantitative estimate of drug-likeness (QED) is 0.783. The van der Waals surface area contributed by atoms with Crippen LogP contribution in [-0.4, -0.2) is 33.3 Å². The molecule has 5 nitrogen and oxygen atoms in total. The SMILES string of the molecule is C[NH+](C)C[C@H](NC(=O)/C=C/c1ccc2c(c1)OCO2)c1ccccc1. The summed E-state index contributed by atoms with van der Waals surface area (Å²) in [5.74, 6) is 1.33. The van der Waals surface area contributed by atoms with Gasteiger partial charge in [0.2, 0.25) is 12.7 Å². The molecule has 1 atom stereocenters. The Kier molecular flexibility index (Phi) is 5.36. The van der Waals surface area contributed by atoms with Crippen LogP contribution in [-0.2, 0) is 4.79 Å². The molecule has 0 fully saturated rings. The van der Waals surface area contributed by atoms with Crippen LogP contribution < -0.4 is 19.7 Å². The minimum atomic E-state index is -0.118. The molecule has 1 amide bonds. The van der Waals surface area contributed by atoms with E-state index in [1.807, 2.05) is 48.5 Å². The first-order chi connectivity index (χ1) is 12.1. The van der Waals surface area contributed by atoms with Gasteiger partial charge in [0.1, 0.15) is 12.6 Å². The molecule has 1 aliphatic heterocycles. The van der Waals surface area contributed by atoms with Crippen LogP contribution in [0.2, 0.25) is 0 Å². The van der Waals surface area contributed by atoms with Gasteiger partial charge in [-0.2, -0.15) is 0 Å². The Morgan fingerprint density at radius 1 is 1.16 bits per heavy atom. The van der Waals surface area contributed by atoms with Crippen LogP contribution in [0.5, 0.6) is 11.5 Å². The van der Waals surface area contributed by atoms with Crippen LogP contribution in [0.3, 0.4) is 0 Å². The minimum absolute atomic E-state index is 0.0277. The van der Waals surface area contributed by atoms with Gasteiger partial charge in [0.05, 0.1) is 14.1 Å². The molecule has 130 valence electrons. The molecule has 0 saturated heterocycles. The maximum absolute atomic E-state index is 12.4. The predicted octanol–water partition coefficient (Wildman–Crippen LogP) is 1.43. The van der Waals surface area contributed by atoms with E-state index in [1.165, 1.54) is 4.90 Å². The molecule has 0 aromatic heterocycles. The fraction of sp³-hybridized carbons (Fsp3) is 0.250. The fourth-order valence-corrected chi connectivity index (χ4v) is 2.75. The molecule has 1 heterocycles. The van der Waals surface area contributed by atoms with E-state index in [0.29, 0.717) is 5.75 Å². The molecule has 5 heteroatoms. The minimum Gasteiger partial charge on any atom is -0.454 e. The topological polar surface area (TPSA) is 52.0 Å². The molecule has 0 unspecified atom stereocenters. The molecular weight excluding hydrogens is 316 g/mol. The van der Waals surface area contributed by atoms with Crippen molar-refractivity contribution in [2.45, 2.75) is 6.04 Å². The summed E-state index contributed by atoms with van der Waals surface area (Å²) < 4.78 is 10.6. The third-order valence-corrected chi connectivity index (χ3v) is 3.95. The van der Waals surface area contributed by atoms with Crippen molar-refractivity contribution < 1.29 is 19.2 Å². The third-order valence-electron chi connectivity index (χ3n) is 3.95. The summed E-state index contributed by atoms with van der Waals surface area (Å²) in [6, 6.07) is 15.6. The normalized spacial score (nSPS) is 14.0. The maximum atomic E-state index is 12.4. The van der Waals surface area contributed by atoms with Gasteiger partial charge >= 0.3 is 0 Å². The number of carbonyl (C=O) groups is 1. The summed E-state index contributed by atoms with van der Waals surface area (Å²) >= 11 is 0. The number of hydrogen-bond donors (Lipinski definition) is 2. The lowest BCUT2D eigenvalue weighted by Gasteiger charge is -2.20. The molecule has 0 radical (unpaired) electrons. The second kappa shape index (κ2) is 7.85. The number of rotatable bonds is 6. The number of benzene rings is 2. The van der Waals surface area contributed by atoms with Gasteiger partial charge in [-0.3, -0.25) is 4.79 Å². The number of ether oxygens (including phenoxy) is 2. The van der Waals surface area contributed by atoms with Gasteiger partial charge in [0.25, 0.3) is 0 Å². The van der Waals surface area contributed by atoms with Crippen LogP contribution in [0.4, 0.5) is 0 Å². The first-order valence-corrected chi connectivity index (χ1v) is 8.34. The fourth-order valence-electron chi connectivity index (χ4n) is 2.75. The van der Waals surface area contributed by atoms with E-state index in [-0.39, 0.29) is 18.7 Å². The average molecular weight is 339 g/mol. The standard InChI is InChI=1S/C20H22N2O3/c1-22(2)13-17(16-6-4-3-5-7-16)21-20(23)11-9-15-8-10-18-19(12-15)25-14-24-18/h3-12,17H,13-14H2,1-2H3,(H,21,23)/p+1/b11-9+/t17-/m0/s1. The van der Waals surface area contributed by atoms with Gasteiger partial charge in [0.15, 0.2) is 11.5 Å². The molecule has 25 heavy (non-hydrogen) atoms. The summed E-state index contributed by atoms with van der Waals surface area (Å²) in [6.07, 6.45) is 3.33. The highest BCUT2D eigenvalue weighted by Crippen LogP contribution is 2.32. The average Bonchev–Trinajstić information content (AvgIpc) is 3.07. The zero-order chi connectivity index (χ0) is 17.6. The highest BCUT2D eigenvalue weighted by molar-refractivity contribution is 5.92. The summed E-state index contributed by atoms with van der Waals surface area (Å²) in [6.45, 7) is 1.06. The number of hydrogen-bond acceptors (Lipinski definition) is 3. The van der Waals surface area contributed by atoms with Crippen molar-refractivity contribution in [3.05, 3.63) is 65.7 Å². The number of carbonyl (C=O) groups excluding carboxylic acids is 1. The molecular formula is C20H23N2O3+. The van der Waals surface area contributed by atoms with E-state index >= 15 is 0 Å². The van der Waals surface area contributed by atoms with E-state index in [9.17, 15) is 4.79 Å². The van der Waals surface area contributed by atoms with Gasteiger partial charge in [0, 0.05) is 6.08 Å². The lowest BCUT2D eigenvalue weighted by molar-refractivity contribution is -0.860. The van der Waals surface area contributed by atoms with Crippen LogP contribution in [0, 0.1) is 0 Å². The van der Waals surface area contributed by atoms with Crippen LogP contribution in [0.1, 0.15) is 17.2 Å². The van der Waals surface area contributed by atoms with Gasteiger partial charge in [-0.25, -0.2) is 0 Å². The highest BCUT2D eigenvalue weighted by Gasteiger charge is 2.16. The lowest BCUT2D eigenvalue weighted by atomic mass is 10.1. The zero-order valence-electron chi connectivity index (χ0n) is 14.5. The second-order valence-corrected chi connectivity index (χ2v) is 6.33. The van der Waals surface area contributed by atoms with Crippen molar-refractivity contribution in [1.82, 2.24) is 5.32 Å². The first kappa shape index (κ1) is 17.0. The molecule has 0 bridgehead atoms. The molecule has 2 aromatic rings. The predicted molar refractivity (Wildman–Crippen MR) is 96.6 cm³/mol. The highest BCUT2D eigenvalue weighted by atomic mass is 16.7. The summed E-state index contributed by atoms with van der Waals surface area (Å²) in [4.78, 5) is 13.6. The molecule has 3 rings (SSSR count). The lowest BCUT2D eigenvalue weighted by Crippen LogP contribution is -3.06. The summed E-state index contributed by atoms with van der Waals surface area (Å²) in [5.41, 5.74) is 2.00. The zero-order valence-corrected chi connectivity index (χ0v) is 14.5. The second-order valence-electron chi connectivity index (χ2n) is 6.33. The molecule has 0 aliphatic carbocycles. The Balaban J connectivity index is 1.67. The van der Waals surface area contributed by atoms with E-state index < -0.39 is 0 Å². The van der Waals surface area contributed by atoms with Crippen molar-refractivity contribution in [2.75, 3.05) is 27.4 Å². The molecule has 0 saturated carbocycles. The molecule has 1 aliphatic rings. The van der Waals surface area contributed by atoms with Crippen LogP contribution in [0.25, 0.3) is 6.08 Å². The molecule has 0 spiro atoms. The monoisotopic (exact) mass is 339 g/mol. The van der Waals surface area contributed by atoms with E-state index in [2.05, 4.69) is 19.4 Å². The largest absolute Gasteiger partial charge is 0.454 e. The van der Waals surface area contributed by atoms with Gasteiger partial charge < -0.3 is 19.7 Å². The van der Waals surface area contributed by atoms with Gasteiger partial charge in [-0.05, 0) is 29.3 Å². The molecule has 2 N–H and O–H groups in total. The van der Waals surface area contributed by atoms with Crippen molar-refractivity contribution in [2.24, 2.45) is 0 Å². The first-order valence-electron chi connectivity index (χ1n) is 8.34. The smallest absolute Gasteiger partial charge is 0.244 e. The Bertz CT molecular complexity index is 757. The van der Waals surface area contributed by atoms with Gasteiger partial charge in [-0.15, -0.1) is 0 Å². The molecule has 2 aromatic carbocycles. The van der Waals surface area contributed by atoms with E-state index in [1.54, 1.807) is 12.2 Å². The van der Waals surface area contributed by atoms with Crippen molar-refractivity contribution >= 4 is 12.0 Å². The van der Waals surface area contributed by atoms with Crippen LogP contribution >= 0.6 is 0 Å². The number of fused-ring (bicyclic) bond motifs is 1. The van der Waals surface area contributed by atoms with Gasteiger partial charge in [-0.1, -0.05) is 36.4 Å². The Morgan fingerprint density at radius 3 is 2.68 bits per heavy atom. The van der Waals surface area contributed by atoms with E-state index in [0.717, 1.165) is 23.4 Å². The van der Waals surface area contributed by atoms with Crippen LogP contribution in [0.15, 0.2) is 54.6 Å². The van der Waals surface area contributed by atoms with E-state index in [4.69, 9.17) is 9.47 Å². The summed E-state index contributed by atoms with van der Waals surface area (Å²) in [7, 11) is 4.15. The number of quaternary nitrogens is 1.